The summed E-state index contributed by atoms with van der Waals surface area (Å²) in [7, 11) is 0. The van der Waals surface area contributed by atoms with Gasteiger partial charge in [-0.05, 0) is 60.9 Å². The van der Waals surface area contributed by atoms with E-state index < -0.39 is 0 Å². The van der Waals surface area contributed by atoms with Gasteiger partial charge in [-0.25, -0.2) is 4.98 Å². The Morgan fingerprint density at radius 3 is 2.31 bits per heavy atom. The molecule has 39 heavy (non-hydrogen) atoms. The molecule has 0 amide bonds. The number of benzene rings is 2. The van der Waals surface area contributed by atoms with E-state index in [0.717, 1.165) is 67.1 Å². The van der Waals surface area contributed by atoms with Crippen LogP contribution in [0.15, 0.2) is 97.3 Å². The van der Waals surface area contributed by atoms with Gasteiger partial charge in [0.2, 0.25) is 0 Å². The van der Waals surface area contributed by atoms with Crippen LogP contribution in [0.1, 0.15) is 73.5 Å². The predicted octanol–water partition coefficient (Wildman–Crippen LogP) is 7.14. The van der Waals surface area contributed by atoms with Crippen molar-refractivity contribution in [2.45, 2.75) is 64.8 Å². The molecule has 200 valence electrons. The molecule has 5 aromatic rings. The second-order valence-electron chi connectivity index (χ2n) is 10.2. The van der Waals surface area contributed by atoms with Crippen LogP contribution in [0.5, 0.6) is 0 Å². The fourth-order valence-electron chi connectivity index (χ4n) is 5.12. The molecule has 0 saturated heterocycles. The van der Waals surface area contributed by atoms with Gasteiger partial charge in [0.1, 0.15) is 5.82 Å². The lowest BCUT2D eigenvalue weighted by atomic mass is 10.0. The summed E-state index contributed by atoms with van der Waals surface area (Å²) in [6, 6.07) is 29.8. The molecular weight excluding hydrogens is 480 g/mol. The summed E-state index contributed by atoms with van der Waals surface area (Å²) >= 11 is 0. The lowest BCUT2D eigenvalue weighted by Crippen LogP contribution is -2.29. The van der Waals surface area contributed by atoms with Crippen molar-refractivity contribution < 1.29 is 0 Å². The third-order valence-corrected chi connectivity index (χ3v) is 7.21. The minimum Gasteiger partial charge on any atom is -0.341 e. The van der Waals surface area contributed by atoms with E-state index in [0.29, 0.717) is 0 Å². The number of imidazole rings is 1. The van der Waals surface area contributed by atoms with Gasteiger partial charge in [-0.1, -0.05) is 68.3 Å². The summed E-state index contributed by atoms with van der Waals surface area (Å²) in [6.45, 7) is 6.73. The Labute approximate surface area is 231 Å². The summed E-state index contributed by atoms with van der Waals surface area (Å²) < 4.78 is 0. The van der Waals surface area contributed by atoms with Crippen molar-refractivity contribution >= 4 is 11.0 Å². The van der Waals surface area contributed by atoms with Crippen LogP contribution in [-0.4, -0.2) is 24.8 Å². The number of para-hydroxylation sites is 2. The standard InChI is InChI=1S/C33H38N6/c1-3-4-18-32(31-17-8-10-20-35-31)39(24-33-37-29-15-5-6-16-30(29)38-33)23-27-13-11-12-26(21-27)22-36-25(2)28-14-7-9-19-34-28/h5-17,19-21,25,32,36H,3-4,18,22-24H2,1-2H3,(H,37,38). The number of fused-ring (bicyclic) bond motifs is 1. The van der Waals surface area contributed by atoms with Crippen LogP contribution in [0.2, 0.25) is 0 Å². The molecule has 3 aromatic heterocycles. The number of pyridine rings is 2. The fraction of sp³-hybridized carbons (Fsp3) is 0.303. The van der Waals surface area contributed by atoms with E-state index in [-0.39, 0.29) is 12.1 Å². The Bertz CT molecular complexity index is 1400. The average molecular weight is 519 g/mol. The smallest absolute Gasteiger partial charge is 0.121 e. The van der Waals surface area contributed by atoms with Gasteiger partial charge in [0.05, 0.1) is 35.0 Å². The van der Waals surface area contributed by atoms with Crippen molar-refractivity contribution in [3.63, 3.8) is 0 Å². The molecule has 6 heteroatoms. The molecular formula is C33H38N6. The highest BCUT2D eigenvalue weighted by atomic mass is 15.2. The summed E-state index contributed by atoms with van der Waals surface area (Å²) in [5.41, 5.74) is 6.80. The minimum atomic E-state index is 0.182. The lowest BCUT2D eigenvalue weighted by Gasteiger charge is -2.31. The maximum Gasteiger partial charge on any atom is 0.121 e. The molecule has 0 spiro atoms. The molecule has 0 saturated carbocycles. The summed E-state index contributed by atoms with van der Waals surface area (Å²) in [6.07, 6.45) is 7.10. The van der Waals surface area contributed by atoms with Crippen LogP contribution in [0, 0.1) is 0 Å². The largest absolute Gasteiger partial charge is 0.341 e. The number of rotatable bonds is 13. The monoisotopic (exact) mass is 518 g/mol. The van der Waals surface area contributed by atoms with E-state index in [2.05, 4.69) is 88.6 Å². The number of aromatic nitrogens is 4. The minimum absolute atomic E-state index is 0.182. The molecule has 0 aliphatic rings. The number of unbranched alkanes of at least 4 members (excludes halogenated alkanes) is 1. The van der Waals surface area contributed by atoms with Crippen LogP contribution in [-0.2, 0) is 19.6 Å². The van der Waals surface area contributed by atoms with E-state index in [1.54, 1.807) is 0 Å². The second kappa shape index (κ2) is 13.3. The van der Waals surface area contributed by atoms with E-state index in [1.807, 2.05) is 42.7 Å². The zero-order valence-corrected chi connectivity index (χ0v) is 22.9. The topological polar surface area (TPSA) is 69.7 Å². The fourth-order valence-corrected chi connectivity index (χ4v) is 5.12. The molecule has 5 rings (SSSR count). The molecule has 0 aliphatic carbocycles. The SMILES string of the molecule is CCCCC(c1ccccn1)N(Cc1cccc(CNC(C)c2ccccn2)c1)Cc1nc2ccccc2[nH]1. The van der Waals surface area contributed by atoms with Gasteiger partial charge in [0, 0.05) is 31.5 Å². The van der Waals surface area contributed by atoms with E-state index in [4.69, 9.17) is 9.97 Å². The lowest BCUT2D eigenvalue weighted by molar-refractivity contribution is 0.159. The van der Waals surface area contributed by atoms with Gasteiger partial charge in [-0.2, -0.15) is 0 Å². The molecule has 2 unspecified atom stereocenters. The van der Waals surface area contributed by atoms with Crippen molar-refractivity contribution in [3.8, 4) is 0 Å². The molecule has 2 atom stereocenters. The van der Waals surface area contributed by atoms with Crippen molar-refractivity contribution in [1.29, 1.82) is 0 Å². The van der Waals surface area contributed by atoms with Crippen molar-refractivity contribution in [2.24, 2.45) is 0 Å². The Balaban J connectivity index is 1.38. The molecule has 0 bridgehead atoms. The molecule has 2 N–H and O–H groups in total. The number of nitrogens with zero attached hydrogens (tertiary/aromatic N) is 4. The van der Waals surface area contributed by atoms with Gasteiger partial charge < -0.3 is 10.3 Å². The first kappa shape index (κ1) is 26.7. The average Bonchev–Trinajstić information content (AvgIpc) is 3.40. The molecule has 6 nitrogen and oxygen atoms in total. The first-order chi connectivity index (χ1) is 19.2. The molecule has 0 radical (unpaired) electrons. The van der Waals surface area contributed by atoms with Crippen LogP contribution in [0.3, 0.4) is 0 Å². The van der Waals surface area contributed by atoms with Crippen LogP contribution >= 0.6 is 0 Å². The highest BCUT2D eigenvalue weighted by molar-refractivity contribution is 5.74. The quantitative estimate of drug-likeness (QED) is 0.173. The zero-order chi connectivity index (χ0) is 26.9. The number of H-pyrrole nitrogens is 1. The van der Waals surface area contributed by atoms with Gasteiger partial charge >= 0.3 is 0 Å². The van der Waals surface area contributed by atoms with Crippen molar-refractivity contribution in [3.05, 3.63) is 126 Å². The second-order valence-corrected chi connectivity index (χ2v) is 10.2. The van der Waals surface area contributed by atoms with Crippen molar-refractivity contribution in [1.82, 2.24) is 30.2 Å². The van der Waals surface area contributed by atoms with Crippen molar-refractivity contribution in [2.75, 3.05) is 0 Å². The van der Waals surface area contributed by atoms with E-state index in [9.17, 15) is 0 Å². The van der Waals surface area contributed by atoms with Gasteiger partial charge in [0.15, 0.2) is 0 Å². The summed E-state index contributed by atoms with van der Waals surface area (Å²) in [5.74, 6) is 0.982. The van der Waals surface area contributed by atoms with E-state index in [1.165, 1.54) is 11.1 Å². The number of hydrogen-bond donors (Lipinski definition) is 2. The first-order valence-corrected chi connectivity index (χ1v) is 14.0. The Morgan fingerprint density at radius 1 is 0.821 bits per heavy atom. The number of nitrogens with one attached hydrogen (secondary N) is 2. The Hall–Kier alpha value is -3.87. The van der Waals surface area contributed by atoms with Gasteiger partial charge in [0.25, 0.3) is 0 Å². The first-order valence-electron chi connectivity index (χ1n) is 14.0. The maximum absolute atomic E-state index is 4.91. The molecule has 2 aromatic carbocycles. The van der Waals surface area contributed by atoms with Crippen LogP contribution < -0.4 is 5.32 Å². The maximum atomic E-state index is 4.91. The highest BCUT2D eigenvalue weighted by Gasteiger charge is 2.23. The molecule has 0 fully saturated rings. The highest BCUT2D eigenvalue weighted by Crippen LogP contribution is 2.29. The normalized spacial score (nSPS) is 13.1. The predicted molar refractivity (Wildman–Crippen MR) is 158 cm³/mol. The Kier molecular flexibility index (Phi) is 9.09. The number of hydrogen-bond acceptors (Lipinski definition) is 5. The summed E-state index contributed by atoms with van der Waals surface area (Å²) in [5, 5.41) is 3.63. The van der Waals surface area contributed by atoms with Crippen LogP contribution in [0.25, 0.3) is 11.0 Å². The number of aromatic amines is 1. The third-order valence-electron chi connectivity index (χ3n) is 7.21. The molecule has 0 aliphatic heterocycles. The van der Waals surface area contributed by atoms with Gasteiger partial charge in [-0.3, -0.25) is 14.9 Å². The summed E-state index contributed by atoms with van der Waals surface area (Å²) in [4.78, 5) is 20.3. The zero-order valence-electron chi connectivity index (χ0n) is 22.9. The van der Waals surface area contributed by atoms with Crippen LogP contribution in [0.4, 0.5) is 0 Å². The molecule has 3 heterocycles. The van der Waals surface area contributed by atoms with Gasteiger partial charge in [-0.15, -0.1) is 0 Å². The third kappa shape index (κ3) is 7.16. The van der Waals surface area contributed by atoms with E-state index >= 15 is 0 Å². The Morgan fingerprint density at radius 2 is 1.56 bits per heavy atom.